The van der Waals surface area contributed by atoms with E-state index >= 15 is 0 Å². The maximum Gasteiger partial charge on any atom is 0.180 e. The maximum absolute atomic E-state index is 6.68. The highest BCUT2D eigenvalue weighted by molar-refractivity contribution is 5.90. The molecule has 686 valence electrons. The summed E-state index contributed by atoms with van der Waals surface area (Å²) in [5, 5.41) is 19.5. The van der Waals surface area contributed by atoms with Crippen LogP contribution in [-0.2, 0) is 95.0 Å². The minimum Gasteiger partial charge on any atom is -0.323 e. The van der Waals surface area contributed by atoms with Crippen LogP contribution in [0.15, 0.2) is 400 Å². The van der Waals surface area contributed by atoms with Crippen molar-refractivity contribution in [1.82, 2.24) is 59.7 Å². The number of rotatable bonds is 12. The Bertz CT molecular complexity index is 8290. The molecule has 16 aliphatic rings. The van der Waals surface area contributed by atoms with Crippen molar-refractivity contribution in [3.63, 3.8) is 0 Å². The normalized spacial score (nSPS) is 18.9. The predicted molar refractivity (Wildman–Crippen MR) is 571 cm³/mol. The molecule has 36 rings (SSSR count). The van der Waals surface area contributed by atoms with E-state index in [1.807, 2.05) is 0 Å². The second kappa shape index (κ2) is 34.6. The minimum atomic E-state index is -1.22. The van der Waals surface area contributed by atoms with Crippen molar-refractivity contribution >= 4 is 0 Å². The lowest BCUT2D eigenvalue weighted by molar-refractivity contribution is 0.270. The average molecular weight is 1840 g/mol. The molecule has 2 fully saturated rings. The zero-order valence-electron chi connectivity index (χ0n) is 79.3. The summed E-state index contributed by atoms with van der Waals surface area (Å²) in [6.45, 7) is 0.607. The quantitative estimate of drug-likeness (QED) is 0.0955. The molecule has 20 aromatic rings. The van der Waals surface area contributed by atoms with E-state index in [4.69, 9.17) is 41.2 Å². The van der Waals surface area contributed by atoms with Gasteiger partial charge in [0.05, 0.1) is 75.4 Å². The molecule has 0 saturated carbocycles. The Kier molecular flexibility index (Phi) is 20.5. The molecule has 2 spiro atoms. The van der Waals surface area contributed by atoms with Gasteiger partial charge in [-0.3, -0.25) is 25.8 Å². The van der Waals surface area contributed by atoms with E-state index < -0.39 is 29.6 Å². The summed E-state index contributed by atoms with van der Waals surface area (Å²) >= 11 is 0. The first-order valence-electron chi connectivity index (χ1n) is 51.2. The molecule has 12 heterocycles. The number of fused-ring (bicyclic) bond motifs is 3. The second-order valence-electron chi connectivity index (χ2n) is 40.4. The van der Waals surface area contributed by atoms with Crippen molar-refractivity contribution in [3.8, 4) is 136 Å². The van der Waals surface area contributed by atoms with Gasteiger partial charge in [0.25, 0.3) is 0 Å². The zero-order chi connectivity index (χ0) is 93.5. The summed E-state index contributed by atoms with van der Waals surface area (Å²) in [5.41, 5.74) is 42.4. The third-order valence-electron chi connectivity index (χ3n) is 32.0. The lowest BCUT2D eigenvalue weighted by Crippen LogP contribution is -2.54. The molecule has 6 atom stereocenters. The largest absolute Gasteiger partial charge is 0.323 e. The summed E-state index contributed by atoms with van der Waals surface area (Å²) in [5.74, 6) is 2.40. The number of nitrogens with zero attached hydrogens (tertiary/aromatic N) is 8. The number of nitrogens with one attached hydrogen (secondary N) is 4. The Labute approximate surface area is 828 Å². The molecule has 12 heteroatoms. The van der Waals surface area contributed by atoms with Gasteiger partial charge < -0.3 is 4.57 Å². The van der Waals surface area contributed by atoms with Crippen molar-refractivity contribution < 1.29 is 0 Å². The van der Waals surface area contributed by atoms with Crippen LogP contribution >= 0.6 is 0 Å². The molecule has 4 N–H and O–H groups in total. The summed E-state index contributed by atoms with van der Waals surface area (Å²) < 4.78 is 10.3. The van der Waals surface area contributed by atoms with Crippen molar-refractivity contribution in [2.75, 3.05) is 0 Å². The van der Waals surface area contributed by atoms with E-state index in [1.54, 1.807) is 0 Å². The predicted octanol–water partition coefficient (Wildman–Crippen LogP) is 27.4. The summed E-state index contributed by atoms with van der Waals surface area (Å²) in [6.07, 6.45) is 12.9. The molecule has 8 aliphatic heterocycles. The molecule has 4 aromatic heterocycles. The smallest absolute Gasteiger partial charge is 0.180 e. The van der Waals surface area contributed by atoms with Crippen LogP contribution in [0.4, 0.5) is 0 Å². The highest BCUT2D eigenvalue weighted by Crippen LogP contribution is 2.56. The van der Waals surface area contributed by atoms with E-state index in [-0.39, 0.29) is 6.04 Å². The Hall–Kier alpha value is -15.8. The lowest BCUT2D eigenvalue weighted by atomic mass is 9.85. The first-order chi connectivity index (χ1) is 70.3. The molecule has 142 heavy (non-hydrogen) atoms. The SMILES string of the molecule is c1ccc(-c2nc3n(c2-c2ccccc2)CCC2(NC(c4ccccc4)C(c4cc(-c5nc6n(c5-c5ccccc5)-n5c(nc(-c7ccccc7)c5-c5ccccc5)-c5cc7ccc5CCc5ccc(cc5-6)CC7)cc(C5NC6(NC5c5ccccc5)c5cc7ccc5CCc5ccc(cc5-c5nc(-c8ccccc8)c(-c8ccccc8)n56)CC7)c4)N2)c2cc4ccc2CCCc2ccc(cc2-3)CCC4)cc1. The van der Waals surface area contributed by atoms with Crippen molar-refractivity contribution in [3.05, 3.63) is 501 Å². The van der Waals surface area contributed by atoms with Gasteiger partial charge in [-0.25, -0.2) is 29.3 Å². The molecule has 6 unspecified atom stereocenters. The van der Waals surface area contributed by atoms with Gasteiger partial charge >= 0.3 is 0 Å². The molecule has 12 nitrogen and oxygen atoms in total. The standard InChI is InChI=1S/C130H106N12/c1-10-32-95(33-11-1)113-115(136-129(135-113)72-73-139-121(100-42-20-6-21-43-100)117(97-36-14-3-15-37-97)131-125(139)107-74-83-30-28-31-84-60-66-93(111(129)78-84)51-29-50-89(107)62-56-83)104-80-105(116-114(96-34-12-2-13-35-96)137-130(138-116)112-79-88-55-54-85-57-63-90(70-71-94(112)67-61-88)108(75-85)126-132-118(98-38-16-4-17-39-98)122(140(126)130)101-44-22-7-23-45-101)82-106(81-104)120-124(103-48-26-9-27-49-103)142-128(134-120)110-77-87-53-52-86-58-64-91(68-69-92(110)65-59-87)109(76-86)127-133-119(99-40-18-5-19-41-99)123(141(127)142)102-46-24-8-25-47-102/h1-27,32-49,56-67,74-82,113-116,135-138H,28-31,50-55,68-73H2. The van der Waals surface area contributed by atoms with Crippen LogP contribution in [0.2, 0.25) is 0 Å². The molecular formula is C130H106N12. The van der Waals surface area contributed by atoms with Crippen molar-refractivity contribution in [2.24, 2.45) is 0 Å². The molecule has 8 aliphatic carbocycles. The molecule has 16 bridgehead atoms. The van der Waals surface area contributed by atoms with Crippen LogP contribution in [0.3, 0.4) is 0 Å². The summed E-state index contributed by atoms with van der Waals surface area (Å²) in [4.78, 5) is 25.1. The molecule has 0 amide bonds. The number of hydrogen-bond acceptors (Lipinski definition) is 8. The zero-order valence-corrected chi connectivity index (χ0v) is 79.3. The number of benzene rings is 16. The van der Waals surface area contributed by atoms with Crippen molar-refractivity contribution in [2.45, 2.75) is 138 Å². The van der Waals surface area contributed by atoms with E-state index in [0.29, 0.717) is 13.0 Å². The summed E-state index contributed by atoms with van der Waals surface area (Å²) in [7, 11) is 0. The van der Waals surface area contributed by atoms with Gasteiger partial charge in [-0.1, -0.05) is 364 Å². The molecule has 16 aromatic carbocycles. The van der Waals surface area contributed by atoms with Crippen LogP contribution in [0.1, 0.15) is 144 Å². The number of hydrogen-bond donors (Lipinski definition) is 4. The summed E-state index contributed by atoms with van der Waals surface area (Å²) in [6, 6.07) is 151. The van der Waals surface area contributed by atoms with E-state index in [9.17, 15) is 0 Å². The fourth-order valence-electron chi connectivity index (χ4n) is 25.2. The van der Waals surface area contributed by atoms with Gasteiger partial charge in [-0.2, -0.15) is 0 Å². The highest BCUT2D eigenvalue weighted by atomic mass is 15.5. The first kappa shape index (κ1) is 84.3. The number of imidazole rings is 4. The second-order valence-corrected chi connectivity index (χ2v) is 40.4. The van der Waals surface area contributed by atoms with Gasteiger partial charge in [0.2, 0.25) is 0 Å². The average Bonchev–Trinajstić information content (AvgIpc) is 1.53. The monoisotopic (exact) mass is 1830 g/mol. The van der Waals surface area contributed by atoms with E-state index in [1.165, 1.54) is 89.0 Å². The van der Waals surface area contributed by atoms with Crippen LogP contribution in [0.5, 0.6) is 0 Å². The Morgan fingerprint density at radius 2 is 0.535 bits per heavy atom. The molecule has 2 saturated heterocycles. The van der Waals surface area contributed by atoms with Crippen LogP contribution in [0.25, 0.3) is 136 Å². The van der Waals surface area contributed by atoms with Gasteiger partial charge in [0.15, 0.2) is 17.4 Å². The van der Waals surface area contributed by atoms with E-state index in [0.717, 1.165) is 237 Å². The highest BCUT2D eigenvalue weighted by Gasteiger charge is 2.54. The van der Waals surface area contributed by atoms with Crippen molar-refractivity contribution in [1.29, 1.82) is 0 Å². The Balaban J connectivity index is 0.753. The van der Waals surface area contributed by atoms with Crippen LogP contribution in [-0.4, -0.2) is 38.4 Å². The maximum atomic E-state index is 6.68. The fourth-order valence-corrected chi connectivity index (χ4v) is 25.2. The third kappa shape index (κ3) is 14.4. The minimum absolute atomic E-state index is 0.332. The Morgan fingerprint density at radius 1 is 0.225 bits per heavy atom. The lowest BCUT2D eigenvalue weighted by Gasteiger charge is -2.37. The first-order valence-corrected chi connectivity index (χ1v) is 51.2. The number of aromatic nitrogens is 8. The third-order valence-corrected chi connectivity index (χ3v) is 32.0. The van der Waals surface area contributed by atoms with Gasteiger partial charge in [-0.05, 0) is 221 Å². The molecular weight excluding hydrogens is 1730 g/mol. The van der Waals surface area contributed by atoms with Crippen LogP contribution in [0, 0.1) is 0 Å². The fraction of sp³-hybridized carbons (Fsp3) is 0.169. The van der Waals surface area contributed by atoms with Gasteiger partial charge in [0.1, 0.15) is 11.6 Å². The molecule has 0 radical (unpaired) electrons. The van der Waals surface area contributed by atoms with Gasteiger partial charge in [-0.15, -0.1) is 0 Å². The topological polar surface area (TPSA) is 119 Å². The van der Waals surface area contributed by atoms with Crippen LogP contribution < -0.4 is 21.3 Å². The van der Waals surface area contributed by atoms with Gasteiger partial charge in [0, 0.05) is 85.3 Å². The Morgan fingerprint density at radius 3 is 1.01 bits per heavy atom. The van der Waals surface area contributed by atoms with E-state index in [2.05, 4.69) is 419 Å². The number of aryl methyl sites for hydroxylation is 12.